The van der Waals surface area contributed by atoms with E-state index in [4.69, 9.17) is 12.2 Å². The first kappa shape index (κ1) is 21.6. The summed E-state index contributed by atoms with van der Waals surface area (Å²) in [6.07, 6.45) is 0.358. The minimum absolute atomic E-state index is 0.000291. The number of nitrogens with zero attached hydrogens (tertiary/aromatic N) is 1. The van der Waals surface area contributed by atoms with Gasteiger partial charge in [0, 0.05) is 22.6 Å². The molecule has 0 spiro atoms. The average molecular weight is 456 g/mol. The molecule has 0 saturated carbocycles. The Balaban J connectivity index is 1.62. The van der Waals surface area contributed by atoms with Crippen molar-refractivity contribution >= 4 is 34.0 Å². The number of halogens is 1. The number of thioether (sulfide) groups is 1. The Kier molecular flexibility index (Phi) is 6.46. The number of anilines is 1. The Morgan fingerprint density at radius 1 is 1.00 bits per heavy atom. The van der Waals surface area contributed by atoms with Gasteiger partial charge in [0.05, 0.1) is 12.1 Å². The molecule has 3 aromatic rings. The van der Waals surface area contributed by atoms with Crippen LogP contribution in [0.25, 0.3) is 0 Å². The minimum atomic E-state index is -0.727. The first-order chi connectivity index (χ1) is 14.9. The number of hydrogen-bond donors (Lipinski definition) is 3. The van der Waals surface area contributed by atoms with E-state index in [2.05, 4.69) is 0 Å². The number of phenols is 2. The van der Waals surface area contributed by atoms with Crippen LogP contribution < -0.4 is 4.90 Å². The van der Waals surface area contributed by atoms with Crippen molar-refractivity contribution in [3.8, 4) is 11.5 Å². The number of aliphatic hydroxyl groups is 1. The summed E-state index contributed by atoms with van der Waals surface area (Å²) < 4.78 is 13.9. The van der Waals surface area contributed by atoms with Gasteiger partial charge >= 0.3 is 0 Å². The number of para-hydroxylation sites is 1. The van der Waals surface area contributed by atoms with Gasteiger partial charge in [0.25, 0.3) is 0 Å². The third kappa shape index (κ3) is 4.69. The molecule has 1 fully saturated rings. The van der Waals surface area contributed by atoms with Crippen LogP contribution >= 0.6 is 24.0 Å². The van der Waals surface area contributed by atoms with Crippen molar-refractivity contribution in [2.75, 3.05) is 4.90 Å². The molecule has 1 saturated heterocycles. The van der Waals surface area contributed by atoms with Crippen LogP contribution in [0.4, 0.5) is 10.1 Å². The third-order valence-electron chi connectivity index (χ3n) is 5.43. The Labute approximate surface area is 190 Å². The average Bonchev–Trinajstić information content (AvgIpc) is 3.09. The number of benzene rings is 3. The Morgan fingerprint density at radius 3 is 2.39 bits per heavy atom. The molecule has 1 aliphatic rings. The Hall–Kier alpha value is -2.61. The monoisotopic (exact) mass is 455 g/mol. The zero-order valence-electron chi connectivity index (χ0n) is 16.6. The van der Waals surface area contributed by atoms with E-state index in [9.17, 15) is 19.7 Å². The standard InChI is InChI=1S/C24H22FNO3S2/c25-16-8-6-15(7-9-16)20(28)12-13-22-23(19-11-10-18(27)14-21(19)29)26(24(30)31-22)17-4-2-1-3-5-17/h1-11,14,20,22-23,27-29H,12-13H2/t20?,22-,23+/m0/s1. The lowest BCUT2D eigenvalue weighted by atomic mass is 9.95. The van der Waals surface area contributed by atoms with Crippen molar-refractivity contribution in [3.63, 3.8) is 0 Å². The molecule has 4 nitrogen and oxygen atoms in total. The molecule has 1 unspecified atom stereocenters. The number of rotatable bonds is 6. The van der Waals surface area contributed by atoms with E-state index in [1.165, 1.54) is 30.0 Å². The predicted octanol–water partition coefficient (Wildman–Crippen LogP) is 5.70. The first-order valence-corrected chi connectivity index (χ1v) is 11.2. The van der Waals surface area contributed by atoms with Crippen LogP contribution in [0.15, 0.2) is 72.8 Å². The Bertz CT molecular complexity index is 1060. The highest BCUT2D eigenvalue weighted by Crippen LogP contribution is 2.49. The SMILES string of the molecule is Oc1ccc([C@@H]2[C@H](CCC(O)c3ccc(F)cc3)SC(=S)N2c2ccccc2)c(O)c1. The zero-order valence-corrected chi connectivity index (χ0v) is 18.2. The van der Waals surface area contributed by atoms with E-state index in [0.29, 0.717) is 28.3 Å². The smallest absolute Gasteiger partial charge is 0.141 e. The number of phenolic OH excluding ortho intramolecular Hbond substituents is 2. The normalized spacial score (nSPS) is 19.5. The largest absolute Gasteiger partial charge is 0.508 e. The van der Waals surface area contributed by atoms with Crippen LogP contribution in [0, 0.1) is 5.82 Å². The second-order valence-electron chi connectivity index (χ2n) is 7.46. The molecule has 1 heterocycles. The summed E-state index contributed by atoms with van der Waals surface area (Å²) in [5.41, 5.74) is 2.24. The second-order valence-corrected chi connectivity index (χ2v) is 9.33. The van der Waals surface area contributed by atoms with Gasteiger partial charge < -0.3 is 20.2 Å². The van der Waals surface area contributed by atoms with Crippen molar-refractivity contribution in [3.05, 3.63) is 89.7 Å². The van der Waals surface area contributed by atoms with Gasteiger partial charge in [-0.25, -0.2) is 4.39 Å². The van der Waals surface area contributed by atoms with Crippen LogP contribution in [0.3, 0.4) is 0 Å². The fraction of sp³-hybridized carbons (Fsp3) is 0.208. The summed E-state index contributed by atoms with van der Waals surface area (Å²) in [7, 11) is 0. The Morgan fingerprint density at radius 2 is 1.71 bits per heavy atom. The van der Waals surface area contributed by atoms with E-state index >= 15 is 0 Å². The maximum absolute atomic E-state index is 13.2. The molecule has 0 aromatic heterocycles. The molecular formula is C24H22FNO3S2. The van der Waals surface area contributed by atoms with Crippen molar-refractivity contribution in [1.82, 2.24) is 0 Å². The molecule has 31 heavy (non-hydrogen) atoms. The second kappa shape index (κ2) is 9.26. The topological polar surface area (TPSA) is 63.9 Å². The van der Waals surface area contributed by atoms with Gasteiger partial charge in [-0.05, 0) is 54.8 Å². The van der Waals surface area contributed by atoms with Crippen molar-refractivity contribution in [2.45, 2.75) is 30.2 Å². The summed E-state index contributed by atoms with van der Waals surface area (Å²) in [6.45, 7) is 0. The molecule has 7 heteroatoms. The number of thiocarbonyl (C=S) groups is 1. The van der Waals surface area contributed by atoms with Crippen LogP contribution in [0.2, 0.25) is 0 Å². The summed E-state index contributed by atoms with van der Waals surface area (Å²) >= 11 is 7.22. The summed E-state index contributed by atoms with van der Waals surface area (Å²) in [6, 6.07) is 19.9. The molecule has 0 bridgehead atoms. The molecule has 0 aliphatic carbocycles. The van der Waals surface area contributed by atoms with E-state index < -0.39 is 6.10 Å². The molecule has 3 N–H and O–H groups in total. The summed E-state index contributed by atoms with van der Waals surface area (Å²) in [5.74, 6) is -0.349. The number of hydrogen-bond acceptors (Lipinski definition) is 5. The molecular weight excluding hydrogens is 433 g/mol. The molecule has 1 aliphatic heterocycles. The van der Waals surface area contributed by atoms with E-state index in [1.807, 2.05) is 35.2 Å². The van der Waals surface area contributed by atoms with E-state index in [1.54, 1.807) is 24.3 Å². The molecule has 3 atom stereocenters. The highest BCUT2D eigenvalue weighted by atomic mass is 32.2. The van der Waals surface area contributed by atoms with Crippen LogP contribution in [-0.2, 0) is 0 Å². The lowest BCUT2D eigenvalue weighted by molar-refractivity contribution is 0.163. The van der Waals surface area contributed by atoms with Crippen molar-refractivity contribution in [1.29, 1.82) is 0 Å². The van der Waals surface area contributed by atoms with Gasteiger partial charge in [-0.1, -0.05) is 54.3 Å². The fourth-order valence-electron chi connectivity index (χ4n) is 3.90. The van der Waals surface area contributed by atoms with Gasteiger partial charge in [-0.2, -0.15) is 0 Å². The fourth-order valence-corrected chi connectivity index (χ4v) is 5.73. The van der Waals surface area contributed by atoms with Gasteiger partial charge in [-0.15, -0.1) is 0 Å². The zero-order chi connectivity index (χ0) is 22.0. The molecule has 4 rings (SSSR count). The highest BCUT2D eigenvalue weighted by Gasteiger charge is 2.41. The van der Waals surface area contributed by atoms with Crippen molar-refractivity contribution < 1.29 is 19.7 Å². The van der Waals surface area contributed by atoms with E-state index in [0.717, 1.165) is 5.69 Å². The lowest BCUT2D eigenvalue weighted by Gasteiger charge is -2.29. The van der Waals surface area contributed by atoms with Gasteiger partial charge in [-0.3, -0.25) is 0 Å². The van der Waals surface area contributed by atoms with Crippen molar-refractivity contribution in [2.24, 2.45) is 0 Å². The lowest BCUT2D eigenvalue weighted by Crippen LogP contribution is -2.29. The predicted molar refractivity (Wildman–Crippen MR) is 126 cm³/mol. The van der Waals surface area contributed by atoms with Crippen LogP contribution in [0.5, 0.6) is 11.5 Å². The van der Waals surface area contributed by atoms with Gasteiger partial charge in [0.2, 0.25) is 0 Å². The maximum Gasteiger partial charge on any atom is 0.141 e. The molecule has 0 amide bonds. The van der Waals surface area contributed by atoms with Crippen LogP contribution in [-0.4, -0.2) is 24.9 Å². The highest BCUT2D eigenvalue weighted by molar-refractivity contribution is 8.24. The quantitative estimate of drug-likeness (QED) is 0.415. The van der Waals surface area contributed by atoms with Gasteiger partial charge in [0.1, 0.15) is 21.6 Å². The number of aliphatic hydroxyl groups excluding tert-OH is 1. The molecule has 160 valence electrons. The number of aromatic hydroxyl groups is 2. The molecule has 3 aromatic carbocycles. The first-order valence-electron chi connectivity index (χ1n) is 9.94. The molecule has 0 radical (unpaired) electrons. The van der Waals surface area contributed by atoms with E-state index in [-0.39, 0.29) is 28.6 Å². The summed E-state index contributed by atoms with van der Waals surface area (Å²) in [4.78, 5) is 2.01. The minimum Gasteiger partial charge on any atom is -0.508 e. The summed E-state index contributed by atoms with van der Waals surface area (Å²) in [5, 5.41) is 30.9. The third-order valence-corrected chi connectivity index (χ3v) is 7.11. The van der Waals surface area contributed by atoms with Crippen LogP contribution in [0.1, 0.15) is 36.1 Å². The van der Waals surface area contributed by atoms with Gasteiger partial charge in [0.15, 0.2) is 0 Å². The maximum atomic E-state index is 13.2.